The molecule has 126 valence electrons. The molecular formula is C17H18FN3O2S. The molecule has 0 aliphatic heterocycles. The van der Waals surface area contributed by atoms with Crippen molar-refractivity contribution in [2.24, 2.45) is 5.41 Å². The first-order valence-corrected chi connectivity index (χ1v) is 8.47. The summed E-state index contributed by atoms with van der Waals surface area (Å²) in [4.78, 5) is 28.6. The van der Waals surface area contributed by atoms with E-state index in [-0.39, 0.29) is 23.8 Å². The highest BCUT2D eigenvalue weighted by Crippen LogP contribution is 2.64. The zero-order valence-electron chi connectivity index (χ0n) is 13.4. The predicted octanol–water partition coefficient (Wildman–Crippen LogP) is 2.70. The lowest BCUT2D eigenvalue weighted by Gasteiger charge is -2.21. The molecule has 1 fully saturated rings. The monoisotopic (exact) mass is 347 g/mol. The Morgan fingerprint density at radius 1 is 1.33 bits per heavy atom. The van der Waals surface area contributed by atoms with Crippen LogP contribution in [-0.2, 0) is 15.0 Å². The summed E-state index contributed by atoms with van der Waals surface area (Å²) in [6.07, 6.45) is 2.12. The summed E-state index contributed by atoms with van der Waals surface area (Å²) < 4.78 is 14.2. The molecule has 24 heavy (non-hydrogen) atoms. The molecule has 5 nitrogen and oxygen atoms in total. The molecule has 1 aromatic heterocycles. The summed E-state index contributed by atoms with van der Waals surface area (Å²) in [5.41, 5.74) is -0.905. The lowest BCUT2D eigenvalue weighted by Crippen LogP contribution is -2.42. The number of aromatic nitrogens is 1. The molecule has 0 spiro atoms. The Balaban J connectivity index is 1.71. The number of benzene rings is 1. The number of nitrogens with zero attached hydrogens (tertiary/aromatic N) is 1. The fraction of sp³-hybridized carbons (Fsp3) is 0.353. The maximum absolute atomic E-state index is 14.2. The maximum Gasteiger partial charge on any atom is 0.245 e. The molecule has 1 saturated carbocycles. The SMILES string of the molecule is CC1(C)C[C@@]1(C(=O)NCC(=O)Nc1nccs1)c1ccccc1F. The molecule has 7 heteroatoms. The number of carbonyl (C=O) groups excluding carboxylic acids is 2. The highest BCUT2D eigenvalue weighted by atomic mass is 32.1. The van der Waals surface area contributed by atoms with E-state index in [1.54, 1.807) is 29.8 Å². The Kier molecular flexibility index (Phi) is 4.13. The zero-order valence-corrected chi connectivity index (χ0v) is 14.2. The standard InChI is InChI=1S/C17H18FN3O2S/c1-16(2)10-17(16,11-5-3-4-6-12(11)18)14(23)20-9-13(22)21-15-19-7-8-24-15/h3-8H,9-10H2,1-2H3,(H,20,23)(H,19,21,22)/t17-/m0/s1. The largest absolute Gasteiger partial charge is 0.346 e. The Morgan fingerprint density at radius 2 is 2.04 bits per heavy atom. The lowest BCUT2D eigenvalue weighted by molar-refractivity contribution is -0.126. The first-order chi connectivity index (χ1) is 11.4. The van der Waals surface area contributed by atoms with Crippen LogP contribution in [0.15, 0.2) is 35.8 Å². The van der Waals surface area contributed by atoms with Gasteiger partial charge in [0.2, 0.25) is 11.8 Å². The average Bonchev–Trinajstić information content (AvgIpc) is 2.86. The highest BCUT2D eigenvalue weighted by molar-refractivity contribution is 7.13. The van der Waals surface area contributed by atoms with E-state index >= 15 is 0 Å². The van der Waals surface area contributed by atoms with Gasteiger partial charge >= 0.3 is 0 Å². The van der Waals surface area contributed by atoms with Gasteiger partial charge in [0, 0.05) is 17.1 Å². The number of hydrogen-bond acceptors (Lipinski definition) is 4. The van der Waals surface area contributed by atoms with E-state index in [4.69, 9.17) is 0 Å². The van der Waals surface area contributed by atoms with E-state index in [0.29, 0.717) is 17.1 Å². The molecule has 1 atom stereocenters. The molecule has 2 N–H and O–H groups in total. The van der Waals surface area contributed by atoms with E-state index < -0.39 is 11.2 Å². The van der Waals surface area contributed by atoms with E-state index in [2.05, 4.69) is 15.6 Å². The zero-order chi connectivity index (χ0) is 17.4. The highest BCUT2D eigenvalue weighted by Gasteiger charge is 2.67. The maximum atomic E-state index is 14.2. The van der Waals surface area contributed by atoms with Crippen molar-refractivity contribution in [2.45, 2.75) is 25.7 Å². The van der Waals surface area contributed by atoms with E-state index in [9.17, 15) is 14.0 Å². The molecule has 1 aliphatic rings. The second-order valence-corrected chi connectivity index (χ2v) is 7.41. The van der Waals surface area contributed by atoms with Crippen LogP contribution in [0.3, 0.4) is 0 Å². The average molecular weight is 347 g/mol. The van der Waals surface area contributed by atoms with Crippen molar-refractivity contribution in [2.75, 3.05) is 11.9 Å². The van der Waals surface area contributed by atoms with Crippen LogP contribution in [0.1, 0.15) is 25.8 Å². The van der Waals surface area contributed by atoms with Crippen molar-refractivity contribution in [1.82, 2.24) is 10.3 Å². The van der Waals surface area contributed by atoms with Gasteiger partial charge in [0.1, 0.15) is 5.82 Å². The van der Waals surface area contributed by atoms with Crippen molar-refractivity contribution >= 4 is 28.3 Å². The van der Waals surface area contributed by atoms with Gasteiger partial charge in [-0.1, -0.05) is 32.0 Å². The van der Waals surface area contributed by atoms with Gasteiger partial charge in [-0.2, -0.15) is 0 Å². The van der Waals surface area contributed by atoms with Crippen LogP contribution in [0.4, 0.5) is 9.52 Å². The van der Waals surface area contributed by atoms with Crippen LogP contribution >= 0.6 is 11.3 Å². The van der Waals surface area contributed by atoms with Crippen LogP contribution in [0.5, 0.6) is 0 Å². The third-order valence-electron chi connectivity index (χ3n) is 4.55. The molecule has 1 aromatic carbocycles. The molecule has 1 aliphatic carbocycles. The molecule has 0 radical (unpaired) electrons. The summed E-state index contributed by atoms with van der Waals surface area (Å²) in [6, 6.07) is 6.31. The normalized spacial score (nSPS) is 21.1. The minimum absolute atomic E-state index is 0.176. The number of anilines is 1. The third kappa shape index (κ3) is 2.80. The van der Waals surface area contributed by atoms with E-state index in [1.165, 1.54) is 17.4 Å². The van der Waals surface area contributed by atoms with Crippen LogP contribution in [0.25, 0.3) is 0 Å². The van der Waals surface area contributed by atoms with E-state index in [0.717, 1.165) is 0 Å². The molecule has 0 unspecified atom stereocenters. The summed E-state index contributed by atoms with van der Waals surface area (Å²) in [5, 5.41) is 7.46. The minimum atomic E-state index is -0.931. The number of halogens is 1. The third-order valence-corrected chi connectivity index (χ3v) is 5.24. The molecule has 3 rings (SSSR count). The number of carbonyl (C=O) groups is 2. The number of hydrogen-bond donors (Lipinski definition) is 2. The number of thiazole rings is 1. The number of rotatable bonds is 5. The Bertz CT molecular complexity index is 776. The van der Waals surface area contributed by atoms with Crippen molar-refractivity contribution in [3.8, 4) is 0 Å². The fourth-order valence-corrected chi connectivity index (χ4v) is 3.70. The Morgan fingerprint density at radius 3 is 2.62 bits per heavy atom. The number of amides is 2. The minimum Gasteiger partial charge on any atom is -0.346 e. The van der Waals surface area contributed by atoms with Gasteiger partial charge < -0.3 is 10.6 Å². The fourth-order valence-electron chi connectivity index (χ4n) is 3.16. The van der Waals surface area contributed by atoms with Gasteiger partial charge in [-0.3, -0.25) is 9.59 Å². The first-order valence-electron chi connectivity index (χ1n) is 7.59. The quantitative estimate of drug-likeness (QED) is 0.874. The first kappa shape index (κ1) is 16.6. The Labute approximate surface area is 143 Å². The van der Waals surface area contributed by atoms with Crippen LogP contribution in [0, 0.1) is 11.2 Å². The molecule has 0 bridgehead atoms. The van der Waals surface area contributed by atoms with Gasteiger partial charge in [0.05, 0.1) is 12.0 Å². The molecule has 2 amide bonds. The van der Waals surface area contributed by atoms with Gasteiger partial charge in [-0.25, -0.2) is 9.37 Å². The summed E-state index contributed by atoms with van der Waals surface area (Å²) in [7, 11) is 0. The number of nitrogens with one attached hydrogen (secondary N) is 2. The van der Waals surface area contributed by atoms with Crippen LogP contribution in [0.2, 0.25) is 0 Å². The van der Waals surface area contributed by atoms with Crippen molar-refractivity contribution in [3.05, 3.63) is 47.2 Å². The summed E-state index contributed by atoms with van der Waals surface area (Å²) in [5.74, 6) is -1.09. The van der Waals surface area contributed by atoms with Gasteiger partial charge in [-0.15, -0.1) is 11.3 Å². The lowest BCUT2D eigenvalue weighted by atomic mass is 9.86. The molecule has 1 heterocycles. The van der Waals surface area contributed by atoms with Crippen molar-refractivity contribution < 1.29 is 14.0 Å². The van der Waals surface area contributed by atoms with Crippen LogP contribution in [-0.4, -0.2) is 23.3 Å². The second-order valence-electron chi connectivity index (χ2n) is 6.51. The summed E-state index contributed by atoms with van der Waals surface area (Å²) >= 11 is 1.30. The van der Waals surface area contributed by atoms with E-state index in [1.807, 2.05) is 13.8 Å². The molecule has 2 aromatic rings. The van der Waals surface area contributed by atoms with Crippen molar-refractivity contribution in [1.29, 1.82) is 0 Å². The van der Waals surface area contributed by atoms with Gasteiger partial charge in [0.15, 0.2) is 5.13 Å². The molecular weight excluding hydrogens is 329 g/mol. The summed E-state index contributed by atoms with van der Waals surface area (Å²) in [6.45, 7) is 3.67. The van der Waals surface area contributed by atoms with Crippen molar-refractivity contribution in [3.63, 3.8) is 0 Å². The second kappa shape index (κ2) is 5.98. The topological polar surface area (TPSA) is 71.1 Å². The van der Waals surface area contributed by atoms with Crippen LogP contribution < -0.4 is 10.6 Å². The predicted molar refractivity (Wildman–Crippen MR) is 90.2 cm³/mol. The molecule has 0 saturated heterocycles. The smallest absolute Gasteiger partial charge is 0.245 e. The Hall–Kier alpha value is -2.28. The van der Waals surface area contributed by atoms with Gasteiger partial charge in [-0.05, 0) is 17.9 Å². The van der Waals surface area contributed by atoms with Gasteiger partial charge in [0.25, 0.3) is 0 Å².